The smallest absolute Gasteiger partial charge is 0.267 e. The van der Waals surface area contributed by atoms with E-state index in [9.17, 15) is 4.79 Å². The maximum atomic E-state index is 11.8. The Morgan fingerprint density at radius 2 is 1.95 bits per heavy atom. The lowest BCUT2D eigenvalue weighted by Gasteiger charge is -2.06. The summed E-state index contributed by atoms with van der Waals surface area (Å²) in [6.45, 7) is 2.03. The lowest BCUT2D eigenvalue weighted by atomic mass is 10.1. The van der Waals surface area contributed by atoms with Crippen LogP contribution in [0.2, 0.25) is 0 Å². The van der Waals surface area contributed by atoms with Gasteiger partial charge in [-0.15, -0.1) is 11.8 Å². The van der Waals surface area contributed by atoms with Gasteiger partial charge in [-0.2, -0.15) is 5.10 Å². The van der Waals surface area contributed by atoms with E-state index >= 15 is 0 Å². The summed E-state index contributed by atoms with van der Waals surface area (Å²) in [7, 11) is 0. The molecule has 0 saturated carbocycles. The van der Waals surface area contributed by atoms with Crippen LogP contribution in [0, 0.1) is 6.92 Å². The zero-order valence-corrected chi connectivity index (χ0v) is 11.9. The molecule has 0 atom stereocenters. The molecule has 0 bridgehead atoms. The number of hydrogen-bond donors (Lipinski definition) is 1. The van der Waals surface area contributed by atoms with Gasteiger partial charge in [0.25, 0.3) is 5.56 Å². The van der Waals surface area contributed by atoms with Crippen molar-refractivity contribution >= 4 is 22.7 Å². The summed E-state index contributed by atoms with van der Waals surface area (Å²) in [6, 6.07) is 7.97. The molecule has 1 aromatic carbocycles. The number of nitrogens with one attached hydrogen (secondary N) is 1. The first-order valence-corrected chi connectivity index (χ1v) is 7.28. The molecule has 6 heteroatoms. The molecule has 2 aromatic heterocycles. The monoisotopic (exact) mass is 286 g/mol. The zero-order chi connectivity index (χ0) is 14.1. The molecule has 3 aromatic rings. The summed E-state index contributed by atoms with van der Waals surface area (Å²) in [5.74, 6) is 0.606. The fourth-order valence-electron chi connectivity index (χ4n) is 1.95. The van der Waals surface area contributed by atoms with Crippen LogP contribution < -0.4 is 5.56 Å². The summed E-state index contributed by atoms with van der Waals surface area (Å²) < 4.78 is 0. The molecule has 0 aliphatic heterocycles. The van der Waals surface area contributed by atoms with Gasteiger partial charge >= 0.3 is 0 Å². The lowest BCUT2D eigenvalue weighted by molar-refractivity contribution is 0.984. The number of aromatic nitrogens is 4. The van der Waals surface area contributed by atoms with E-state index in [4.69, 9.17) is 0 Å². The number of aryl methyl sites for hydroxylation is 1. The van der Waals surface area contributed by atoms with Crippen LogP contribution in [0.25, 0.3) is 22.3 Å². The van der Waals surface area contributed by atoms with Crippen LogP contribution in [0.3, 0.4) is 0 Å². The Morgan fingerprint density at radius 3 is 2.65 bits per heavy atom. The molecule has 0 saturated heterocycles. The van der Waals surface area contributed by atoms with Crippen LogP contribution in [-0.4, -0.2) is 26.4 Å². The number of rotatable bonds is 2. The molecule has 0 amide bonds. The summed E-state index contributed by atoms with van der Waals surface area (Å²) >= 11 is 1.43. The summed E-state index contributed by atoms with van der Waals surface area (Å²) in [5.41, 5.74) is 2.40. The van der Waals surface area contributed by atoms with Crippen molar-refractivity contribution in [3.05, 3.63) is 46.4 Å². The van der Waals surface area contributed by atoms with E-state index in [1.807, 2.05) is 37.4 Å². The predicted molar refractivity (Wildman–Crippen MR) is 82.0 cm³/mol. The number of thioether (sulfide) groups is 1. The fourth-order valence-corrected chi connectivity index (χ4v) is 2.53. The third-order valence-electron chi connectivity index (χ3n) is 2.99. The van der Waals surface area contributed by atoms with Crippen LogP contribution in [0.5, 0.6) is 0 Å². The van der Waals surface area contributed by atoms with E-state index < -0.39 is 0 Å². The standard InChI is InChI=1S/C14H12N4OS.H2/c1-8-3-5-9(6-4-8)12-16-10-7-15-18-13(19)11(10)14(17-12)20-2;/h3-7H,1-2H3,(H,18,19);1H. The normalized spacial score (nSPS) is 10.9. The highest BCUT2D eigenvalue weighted by atomic mass is 32.2. The van der Waals surface area contributed by atoms with Crippen molar-refractivity contribution < 1.29 is 1.43 Å². The van der Waals surface area contributed by atoms with E-state index in [1.165, 1.54) is 17.3 Å². The van der Waals surface area contributed by atoms with Crippen LogP contribution >= 0.6 is 11.8 Å². The Kier molecular flexibility index (Phi) is 3.23. The predicted octanol–water partition coefficient (Wildman–Crippen LogP) is 2.66. The Balaban J connectivity index is 0.00000161. The molecule has 0 aliphatic carbocycles. The molecule has 5 nitrogen and oxygen atoms in total. The van der Waals surface area contributed by atoms with Gasteiger partial charge in [0.15, 0.2) is 5.82 Å². The molecular formula is C14H14N4OS. The zero-order valence-electron chi connectivity index (χ0n) is 11.0. The molecule has 20 heavy (non-hydrogen) atoms. The quantitative estimate of drug-likeness (QED) is 0.579. The molecule has 0 aliphatic rings. The molecule has 0 radical (unpaired) electrons. The SMILES string of the molecule is CSc1nc(-c2ccc(C)cc2)nc2cn[nH]c(=O)c12.[HH]. The minimum absolute atomic E-state index is 0. The number of aromatic amines is 1. The van der Waals surface area contributed by atoms with E-state index in [0.717, 1.165) is 5.56 Å². The molecule has 0 fully saturated rings. The lowest BCUT2D eigenvalue weighted by Crippen LogP contribution is -2.10. The summed E-state index contributed by atoms with van der Waals surface area (Å²) in [6.07, 6.45) is 3.44. The molecule has 2 heterocycles. The number of hydrogen-bond acceptors (Lipinski definition) is 5. The van der Waals surface area contributed by atoms with Crippen molar-refractivity contribution in [2.24, 2.45) is 0 Å². The fraction of sp³-hybridized carbons (Fsp3) is 0.143. The first-order valence-electron chi connectivity index (χ1n) is 6.05. The Labute approximate surface area is 121 Å². The summed E-state index contributed by atoms with van der Waals surface area (Å²) in [4.78, 5) is 20.8. The van der Waals surface area contributed by atoms with Gasteiger partial charge in [-0.1, -0.05) is 29.8 Å². The molecular weight excluding hydrogens is 272 g/mol. The third-order valence-corrected chi connectivity index (χ3v) is 3.67. The van der Waals surface area contributed by atoms with Gasteiger partial charge in [-0.3, -0.25) is 4.79 Å². The minimum Gasteiger partial charge on any atom is -0.267 e. The van der Waals surface area contributed by atoms with Gasteiger partial charge in [-0.05, 0) is 13.2 Å². The van der Waals surface area contributed by atoms with Crippen molar-refractivity contribution in [3.8, 4) is 11.4 Å². The third kappa shape index (κ3) is 2.18. The average Bonchev–Trinajstić information content (AvgIpc) is 2.47. The van der Waals surface area contributed by atoms with Gasteiger partial charge in [0, 0.05) is 6.99 Å². The Bertz CT molecular complexity index is 832. The highest BCUT2D eigenvalue weighted by Gasteiger charge is 2.11. The molecule has 3 rings (SSSR count). The highest BCUT2D eigenvalue weighted by Crippen LogP contribution is 2.24. The number of fused-ring (bicyclic) bond motifs is 1. The minimum atomic E-state index is -0.262. The van der Waals surface area contributed by atoms with E-state index in [0.29, 0.717) is 21.8 Å². The van der Waals surface area contributed by atoms with E-state index in [-0.39, 0.29) is 6.99 Å². The van der Waals surface area contributed by atoms with Crippen molar-refractivity contribution in [2.45, 2.75) is 11.9 Å². The van der Waals surface area contributed by atoms with Crippen LogP contribution in [0.1, 0.15) is 6.99 Å². The largest absolute Gasteiger partial charge is 0.276 e. The van der Waals surface area contributed by atoms with Gasteiger partial charge in [-0.25, -0.2) is 15.1 Å². The molecule has 102 valence electrons. The van der Waals surface area contributed by atoms with E-state index in [1.54, 1.807) is 6.20 Å². The van der Waals surface area contributed by atoms with Crippen molar-refractivity contribution in [1.82, 2.24) is 20.2 Å². The first-order chi connectivity index (χ1) is 9.69. The van der Waals surface area contributed by atoms with Crippen molar-refractivity contribution in [3.63, 3.8) is 0 Å². The maximum Gasteiger partial charge on any atom is 0.276 e. The van der Waals surface area contributed by atoms with Gasteiger partial charge in [0.1, 0.15) is 15.9 Å². The average molecular weight is 286 g/mol. The second-order valence-electron chi connectivity index (χ2n) is 4.38. The van der Waals surface area contributed by atoms with Gasteiger partial charge < -0.3 is 0 Å². The Morgan fingerprint density at radius 1 is 1.20 bits per heavy atom. The first kappa shape index (κ1) is 12.8. The van der Waals surface area contributed by atoms with Crippen LogP contribution in [0.4, 0.5) is 0 Å². The number of nitrogens with zero attached hydrogens (tertiary/aromatic N) is 3. The number of benzene rings is 1. The van der Waals surface area contributed by atoms with Crippen molar-refractivity contribution in [1.29, 1.82) is 0 Å². The Hall–Kier alpha value is -2.21. The second kappa shape index (κ2) is 5.05. The van der Waals surface area contributed by atoms with Gasteiger partial charge in [0.2, 0.25) is 0 Å². The molecule has 0 spiro atoms. The number of H-pyrrole nitrogens is 1. The topological polar surface area (TPSA) is 71.5 Å². The maximum absolute atomic E-state index is 11.8. The van der Waals surface area contributed by atoms with E-state index in [2.05, 4.69) is 20.2 Å². The van der Waals surface area contributed by atoms with Crippen LogP contribution in [-0.2, 0) is 0 Å². The molecule has 0 unspecified atom stereocenters. The second-order valence-corrected chi connectivity index (χ2v) is 5.18. The van der Waals surface area contributed by atoms with Crippen LogP contribution in [0.15, 0.2) is 40.3 Å². The summed E-state index contributed by atoms with van der Waals surface area (Å²) in [5, 5.41) is 7.37. The highest BCUT2D eigenvalue weighted by molar-refractivity contribution is 7.98. The van der Waals surface area contributed by atoms with Gasteiger partial charge in [0.05, 0.1) is 6.20 Å². The van der Waals surface area contributed by atoms with Crippen molar-refractivity contribution in [2.75, 3.05) is 6.26 Å². The molecule has 1 N–H and O–H groups in total.